The van der Waals surface area contributed by atoms with Gasteiger partial charge in [-0.25, -0.2) is 5.43 Å². The molecule has 2 aromatic rings. The number of fused-ring (bicyclic) bond motifs is 1. The highest BCUT2D eigenvalue weighted by atomic mass is 35.5. The molecule has 2 heterocycles. The molecule has 0 bridgehead atoms. The molecule has 0 aliphatic carbocycles. The van der Waals surface area contributed by atoms with E-state index in [9.17, 15) is 9.59 Å². The molecule has 0 radical (unpaired) electrons. The minimum absolute atomic E-state index is 0.0789. The summed E-state index contributed by atoms with van der Waals surface area (Å²) < 4.78 is 0. The number of piperidine rings is 1. The van der Waals surface area contributed by atoms with E-state index in [1.165, 1.54) is 0 Å². The van der Waals surface area contributed by atoms with Crippen molar-refractivity contribution in [2.75, 3.05) is 16.9 Å². The van der Waals surface area contributed by atoms with Crippen LogP contribution >= 0.6 is 23.2 Å². The molecule has 2 aliphatic rings. The molecule has 0 saturated carbocycles. The van der Waals surface area contributed by atoms with Gasteiger partial charge in [-0.15, -0.1) is 0 Å². The number of carbonyl (C=O) groups excluding carboxylic acids is 2. The van der Waals surface area contributed by atoms with Crippen LogP contribution in [-0.2, 0) is 9.59 Å². The SMILES string of the molecule is CC1NN(c2ccccc2)C2NCC(C(=O)Nc3ccc(Cl)cc3Cl)C(=O)C12. The maximum Gasteiger partial charge on any atom is 0.236 e. The number of amides is 1. The molecule has 2 saturated heterocycles. The number of nitrogens with one attached hydrogen (secondary N) is 3. The first kappa shape index (κ1) is 19.2. The molecule has 6 nitrogen and oxygen atoms in total. The summed E-state index contributed by atoms with van der Waals surface area (Å²) in [7, 11) is 0. The zero-order valence-electron chi connectivity index (χ0n) is 15.2. The van der Waals surface area contributed by atoms with Gasteiger partial charge in [-0.3, -0.25) is 19.9 Å². The van der Waals surface area contributed by atoms with Crippen LogP contribution < -0.4 is 21.1 Å². The molecule has 146 valence electrons. The maximum absolute atomic E-state index is 13.1. The highest BCUT2D eigenvalue weighted by Crippen LogP contribution is 2.32. The maximum atomic E-state index is 13.1. The van der Waals surface area contributed by atoms with Crippen LogP contribution in [0.4, 0.5) is 11.4 Å². The number of ketones is 1. The van der Waals surface area contributed by atoms with Crippen LogP contribution in [0.25, 0.3) is 0 Å². The summed E-state index contributed by atoms with van der Waals surface area (Å²) in [6, 6.07) is 14.5. The largest absolute Gasteiger partial charge is 0.324 e. The molecular formula is C20H20Cl2N4O2. The third kappa shape index (κ3) is 3.49. The van der Waals surface area contributed by atoms with Crippen molar-refractivity contribution in [3.05, 3.63) is 58.6 Å². The van der Waals surface area contributed by atoms with E-state index in [-0.39, 0.29) is 36.4 Å². The summed E-state index contributed by atoms with van der Waals surface area (Å²) in [5.74, 6) is -1.58. The number of para-hydroxylation sites is 1. The molecule has 0 spiro atoms. The van der Waals surface area contributed by atoms with Crippen molar-refractivity contribution in [1.82, 2.24) is 10.7 Å². The van der Waals surface area contributed by atoms with Crippen LogP contribution in [0.2, 0.25) is 10.0 Å². The van der Waals surface area contributed by atoms with E-state index in [2.05, 4.69) is 16.1 Å². The number of hydrazine groups is 1. The lowest BCUT2D eigenvalue weighted by molar-refractivity contribution is -0.136. The molecule has 2 aliphatic heterocycles. The Hall–Kier alpha value is -2.12. The minimum atomic E-state index is -0.784. The average molecular weight is 419 g/mol. The van der Waals surface area contributed by atoms with Gasteiger partial charge in [-0.05, 0) is 37.3 Å². The summed E-state index contributed by atoms with van der Waals surface area (Å²) in [5.41, 5.74) is 4.76. The van der Waals surface area contributed by atoms with Crippen molar-refractivity contribution < 1.29 is 9.59 Å². The zero-order chi connectivity index (χ0) is 19.8. The number of halogens is 2. The van der Waals surface area contributed by atoms with E-state index in [0.717, 1.165) is 5.69 Å². The van der Waals surface area contributed by atoms with Crippen LogP contribution in [0.5, 0.6) is 0 Å². The van der Waals surface area contributed by atoms with Crippen molar-refractivity contribution in [1.29, 1.82) is 0 Å². The third-order valence-electron chi connectivity index (χ3n) is 5.24. The molecule has 28 heavy (non-hydrogen) atoms. The van der Waals surface area contributed by atoms with Crippen LogP contribution in [0.3, 0.4) is 0 Å². The number of carbonyl (C=O) groups is 2. The number of nitrogens with zero attached hydrogens (tertiary/aromatic N) is 1. The second-order valence-corrected chi connectivity index (χ2v) is 7.91. The number of hydrogen-bond donors (Lipinski definition) is 3. The molecule has 4 rings (SSSR count). The fourth-order valence-corrected chi connectivity index (χ4v) is 4.32. The predicted octanol–water partition coefficient (Wildman–Crippen LogP) is 3.08. The molecule has 1 amide bonds. The van der Waals surface area contributed by atoms with Gasteiger partial charge in [0.1, 0.15) is 12.1 Å². The van der Waals surface area contributed by atoms with Crippen LogP contribution in [0.1, 0.15) is 6.92 Å². The van der Waals surface area contributed by atoms with E-state index < -0.39 is 5.92 Å². The lowest BCUT2D eigenvalue weighted by Gasteiger charge is -2.35. The summed E-state index contributed by atoms with van der Waals surface area (Å²) in [5, 5.41) is 8.89. The highest BCUT2D eigenvalue weighted by Gasteiger charge is 2.50. The predicted molar refractivity (Wildman–Crippen MR) is 110 cm³/mol. The second-order valence-electron chi connectivity index (χ2n) is 7.07. The smallest absolute Gasteiger partial charge is 0.236 e. The molecule has 4 unspecified atom stereocenters. The van der Waals surface area contributed by atoms with Gasteiger partial charge >= 0.3 is 0 Å². The summed E-state index contributed by atoms with van der Waals surface area (Å²) in [6.45, 7) is 2.21. The van der Waals surface area contributed by atoms with E-state index in [0.29, 0.717) is 15.7 Å². The van der Waals surface area contributed by atoms with Gasteiger partial charge in [0.15, 0.2) is 5.78 Å². The van der Waals surface area contributed by atoms with Gasteiger partial charge in [0, 0.05) is 17.6 Å². The lowest BCUT2D eigenvalue weighted by Crippen LogP contribution is -2.58. The van der Waals surface area contributed by atoms with Gasteiger partial charge in [-0.1, -0.05) is 41.4 Å². The Bertz CT molecular complexity index is 908. The van der Waals surface area contributed by atoms with Gasteiger partial charge in [0.2, 0.25) is 5.91 Å². The summed E-state index contributed by atoms with van der Waals surface area (Å²) >= 11 is 12.0. The summed E-state index contributed by atoms with van der Waals surface area (Å²) in [4.78, 5) is 25.9. The first-order valence-electron chi connectivity index (χ1n) is 9.09. The normalized spacial score (nSPS) is 26.8. The molecule has 4 atom stereocenters. The fraction of sp³-hybridized carbons (Fsp3) is 0.300. The molecule has 8 heteroatoms. The number of anilines is 2. The minimum Gasteiger partial charge on any atom is -0.324 e. The first-order chi connectivity index (χ1) is 13.5. The van der Waals surface area contributed by atoms with Crippen molar-refractivity contribution in [2.45, 2.75) is 19.1 Å². The van der Waals surface area contributed by atoms with E-state index in [4.69, 9.17) is 23.2 Å². The summed E-state index contributed by atoms with van der Waals surface area (Å²) in [6.07, 6.45) is -0.201. The number of hydrogen-bond acceptors (Lipinski definition) is 5. The Morgan fingerprint density at radius 3 is 2.64 bits per heavy atom. The topological polar surface area (TPSA) is 73.5 Å². The van der Waals surface area contributed by atoms with Gasteiger partial charge < -0.3 is 5.32 Å². The van der Waals surface area contributed by atoms with Gasteiger partial charge in [-0.2, -0.15) is 0 Å². The molecule has 2 aromatic carbocycles. The Morgan fingerprint density at radius 2 is 1.93 bits per heavy atom. The van der Waals surface area contributed by atoms with E-state index in [1.54, 1.807) is 18.2 Å². The molecule has 2 fully saturated rings. The number of benzene rings is 2. The van der Waals surface area contributed by atoms with Crippen molar-refractivity contribution in [3.63, 3.8) is 0 Å². The molecule has 0 aromatic heterocycles. The van der Waals surface area contributed by atoms with E-state index >= 15 is 0 Å². The Kier molecular flexibility index (Phi) is 5.29. The number of rotatable bonds is 3. The monoisotopic (exact) mass is 418 g/mol. The third-order valence-corrected chi connectivity index (χ3v) is 5.79. The number of Topliss-reactive ketones (excluding diaryl/α,β-unsaturated/α-hetero) is 1. The van der Waals surface area contributed by atoms with Crippen LogP contribution in [-0.4, -0.2) is 30.4 Å². The van der Waals surface area contributed by atoms with Crippen molar-refractivity contribution >= 4 is 46.3 Å². The van der Waals surface area contributed by atoms with Gasteiger partial charge in [0.25, 0.3) is 0 Å². The fourth-order valence-electron chi connectivity index (χ4n) is 3.86. The van der Waals surface area contributed by atoms with Crippen LogP contribution in [0, 0.1) is 11.8 Å². The lowest BCUT2D eigenvalue weighted by atomic mass is 9.83. The Labute approximate surface area is 173 Å². The zero-order valence-corrected chi connectivity index (χ0v) is 16.7. The first-order valence-corrected chi connectivity index (χ1v) is 9.85. The van der Waals surface area contributed by atoms with E-state index in [1.807, 2.05) is 42.3 Å². The van der Waals surface area contributed by atoms with Gasteiger partial charge in [0.05, 0.1) is 22.3 Å². The van der Waals surface area contributed by atoms with Crippen molar-refractivity contribution in [3.8, 4) is 0 Å². The Balaban J connectivity index is 1.51. The Morgan fingerprint density at radius 1 is 1.18 bits per heavy atom. The van der Waals surface area contributed by atoms with Crippen LogP contribution in [0.15, 0.2) is 48.5 Å². The quantitative estimate of drug-likeness (QED) is 0.667. The molecular weight excluding hydrogens is 399 g/mol. The van der Waals surface area contributed by atoms with Crippen molar-refractivity contribution in [2.24, 2.45) is 11.8 Å². The molecule has 3 N–H and O–H groups in total. The standard InChI is InChI=1S/C20H20Cl2N4O2/c1-11-17-18(27)14(20(28)24-16-8-7-12(21)9-15(16)22)10-23-19(17)26(25-11)13-5-3-2-4-6-13/h2-9,11,14,17,19,23,25H,10H2,1H3,(H,24,28). The highest BCUT2D eigenvalue weighted by molar-refractivity contribution is 6.36. The second kappa shape index (κ2) is 7.72. The average Bonchev–Trinajstić information content (AvgIpc) is 3.02.